The summed E-state index contributed by atoms with van der Waals surface area (Å²) in [6.45, 7) is 0. The van der Waals surface area contributed by atoms with Crippen molar-refractivity contribution in [2.24, 2.45) is 5.92 Å². The van der Waals surface area contributed by atoms with Gasteiger partial charge in [0.05, 0.1) is 14.0 Å². The Bertz CT molecular complexity index is 342. The molecule has 0 bridgehead atoms. The Labute approximate surface area is 116 Å². The lowest BCUT2D eigenvalue weighted by Crippen LogP contribution is -2.08. The second kappa shape index (κ2) is 5.95. The molecule has 0 aromatic carbocycles. The van der Waals surface area contributed by atoms with E-state index in [4.69, 9.17) is 34.8 Å². The second-order valence-electron chi connectivity index (χ2n) is 4.49. The summed E-state index contributed by atoms with van der Waals surface area (Å²) < 4.78 is 1.48. The fourth-order valence-corrected chi connectivity index (χ4v) is 4.53. The van der Waals surface area contributed by atoms with Crippen LogP contribution in [0.25, 0.3) is 0 Å². The van der Waals surface area contributed by atoms with Crippen molar-refractivity contribution in [1.29, 1.82) is 0 Å². The van der Waals surface area contributed by atoms with Gasteiger partial charge in [0, 0.05) is 5.56 Å². The number of thiophene rings is 1. The predicted molar refractivity (Wildman–Crippen MR) is 74.1 cm³/mol. The third-order valence-corrected chi connectivity index (χ3v) is 5.22. The van der Waals surface area contributed by atoms with E-state index in [9.17, 15) is 0 Å². The van der Waals surface area contributed by atoms with E-state index in [1.807, 2.05) is 6.07 Å². The van der Waals surface area contributed by atoms with E-state index in [-0.39, 0.29) is 5.38 Å². The van der Waals surface area contributed by atoms with Gasteiger partial charge in [-0.05, 0) is 18.4 Å². The molecule has 90 valence electrons. The van der Waals surface area contributed by atoms with E-state index in [0.29, 0.717) is 0 Å². The summed E-state index contributed by atoms with van der Waals surface area (Å²) in [7, 11) is 0. The highest BCUT2D eigenvalue weighted by Gasteiger charge is 2.21. The first kappa shape index (κ1) is 13.0. The highest BCUT2D eigenvalue weighted by atomic mass is 35.5. The molecule has 2 rings (SSSR count). The van der Waals surface area contributed by atoms with E-state index in [2.05, 4.69) is 0 Å². The number of hydrogen-bond donors (Lipinski definition) is 0. The van der Waals surface area contributed by atoms with Crippen LogP contribution in [0.3, 0.4) is 0 Å². The van der Waals surface area contributed by atoms with Crippen LogP contribution in [0.15, 0.2) is 6.07 Å². The normalized spacial score (nSPS) is 19.9. The quantitative estimate of drug-likeness (QED) is 0.574. The Morgan fingerprint density at radius 2 is 1.94 bits per heavy atom. The molecule has 1 unspecified atom stereocenters. The molecular weight excluding hydrogens is 283 g/mol. The minimum absolute atomic E-state index is 0.0272. The van der Waals surface area contributed by atoms with Crippen LogP contribution in [0.4, 0.5) is 0 Å². The van der Waals surface area contributed by atoms with Gasteiger partial charge in [0.25, 0.3) is 0 Å². The average Bonchev–Trinajstić information content (AvgIpc) is 2.59. The molecule has 0 saturated heterocycles. The Kier molecular flexibility index (Phi) is 4.84. The van der Waals surface area contributed by atoms with Crippen LogP contribution in [-0.2, 0) is 0 Å². The van der Waals surface area contributed by atoms with Gasteiger partial charge in [0.2, 0.25) is 0 Å². The molecule has 16 heavy (non-hydrogen) atoms. The van der Waals surface area contributed by atoms with E-state index in [1.54, 1.807) is 0 Å². The molecule has 4 heteroatoms. The summed E-state index contributed by atoms with van der Waals surface area (Å²) in [6, 6.07) is 1.91. The molecule has 0 amide bonds. The molecule has 1 aromatic rings. The molecule has 1 fully saturated rings. The standard InChI is InChI=1S/C12H15Cl3S/c13-10(6-8-4-2-1-3-5-8)9-7-11(14)16-12(9)15/h7-8,10H,1-6H2. The van der Waals surface area contributed by atoms with E-state index in [1.165, 1.54) is 43.4 Å². The maximum Gasteiger partial charge on any atom is 0.0991 e. The Morgan fingerprint density at radius 1 is 1.25 bits per heavy atom. The highest BCUT2D eigenvalue weighted by molar-refractivity contribution is 7.20. The minimum Gasteiger partial charge on any atom is -0.118 e. The molecule has 1 atom stereocenters. The molecule has 0 aliphatic heterocycles. The smallest absolute Gasteiger partial charge is 0.0991 e. The first-order valence-corrected chi connectivity index (χ1v) is 7.76. The average molecular weight is 298 g/mol. The second-order valence-corrected chi connectivity index (χ2v) is 7.30. The molecule has 1 aliphatic rings. The van der Waals surface area contributed by atoms with Gasteiger partial charge in [-0.2, -0.15) is 0 Å². The van der Waals surface area contributed by atoms with Crippen molar-refractivity contribution in [3.63, 3.8) is 0 Å². The van der Waals surface area contributed by atoms with Crippen molar-refractivity contribution in [3.05, 3.63) is 20.3 Å². The van der Waals surface area contributed by atoms with Crippen LogP contribution < -0.4 is 0 Å². The van der Waals surface area contributed by atoms with Crippen LogP contribution >= 0.6 is 46.1 Å². The lowest BCUT2D eigenvalue weighted by molar-refractivity contribution is 0.336. The molecule has 1 aromatic heterocycles. The SMILES string of the molecule is Clc1cc(C(Cl)CC2CCCCC2)c(Cl)s1. The summed E-state index contributed by atoms with van der Waals surface area (Å²) in [5.74, 6) is 0.769. The van der Waals surface area contributed by atoms with E-state index < -0.39 is 0 Å². The molecular formula is C12H15Cl3S. The number of halogens is 3. The molecule has 0 radical (unpaired) electrons. The van der Waals surface area contributed by atoms with Gasteiger partial charge in [-0.3, -0.25) is 0 Å². The van der Waals surface area contributed by atoms with E-state index >= 15 is 0 Å². The molecule has 1 saturated carbocycles. The maximum atomic E-state index is 6.42. The van der Waals surface area contributed by atoms with Gasteiger partial charge in [-0.15, -0.1) is 22.9 Å². The fourth-order valence-electron chi connectivity index (χ4n) is 2.41. The van der Waals surface area contributed by atoms with Crippen molar-refractivity contribution >= 4 is 46.1 Å². The Morgan fingerprint density at radius 3 is 2.50 bits per heavy atom. The third-order valence-electron chi connectivity index (χ3n) is 3.29. The number of hydrogen-bond acceptors (Lipinski definition) is 1. The van der Waals surface area contributed by atoms with Gasteiger partial charge in [-0.25, -0.2) is 0 Å². The highest BCUT2D eigenvalue weighted by Crippen LogP contribution is 2.42. The zero-order chi connectivity index (χ0) is 11.5. The summed E-state index contributed by atoms with van der Waals surface area (Å²) in [5.41, 5.74) is 1.02. The largest absolute Gasteiger partial charge is 0.118 e. The van der Waals surface area contributed by atoms with Crippen LogP contribution in [-0.4, -0.2) is 0 Å². The van der Waals surface area contributed by atoms with Gasteiger partial charge in [0.15, 0.2) is 0 Å². The zero-order valence-corrected chi connectivity index (χ0v) is 12.1. The van der Waals surface area contributed by atoms with Crippen LogP contribution in [0.1, 0.15) is 49.5 Å². The number of rotatable bonds is 3. The van der Waals surface area contributed by atoms with Crippen LogP contribution in [0, 0.1) is 5.92 Å². The zero-order valence-electron chi connectivity index (χ0n) is 9.02. The fraction of sp³-hybridized carbons (Fsp3) is 0.667. The van der Waals surface area contributed by atoms with Gasteiger partial charge < -0.3 is 0 Å². The van der Waals surface area contributed by atoms with Crippen LogP contribution in [0.5, 0.6) is 0 Å². The molecule has 1 heterocycles. The first-order chi connectivity index (χ1) is 7.66. The Hall–Kier alpha value is 0.570. The summed E-state index contributed by atoms with van der Waals surface area (Å²) in [4.78, 5) is 0. The minimum atomic E-state index is 0.0272. The summed E-state index contributed by atoms with van der Waals surface area (Å²) >= 11 is 19.9. The summed E-state index contributed by atoms with van der Waals surface area (Å²) in [5, 5.41) is 0.0272. The first-order valence-electron chi connectivity index (χ1n) is 5.75. The van der Waals surface area contributed by atoms with Crippen molar-refractivity contribution in [3.8, 4) is 0 Å². The molecule has 0 N–H and O–H groups in total. The monoisotopic (exact) mass is 296 g/mol. The van der Waals surface area contributed by atoms with E-state index in [0.717, 1.165) is 26.6 Å². The van der Waals surface area contributed by atoms with Gasteiger partial charge in [-0.1, -0.05) is 55.3 Å². The molecule has 0 nitrogen and oxygen atoms in total. The Balaban J connectivity index is 1.96. The summed E-state index contributed by atoms with van der Waals surface area (Å²) in [6.07, 6.45) is 7.76. The number of alkyl halides is 1. The lowest BCUT2D eigenvalue weighted by Gasteiger charge is -2.23. The van der Waals surface area contributed by atoms with Crippen molar-refractivity contribution in [2.45, 2.75) is 43.9 Å². The predicted octanol–water partition coefficient (Wildman–Crippen LogP) is 6.31. The van der Waals surface area contributed by atoms with Gasteiger partial charge >= 0.3 is 0 Å². The van der Waals surface area contributed by atoms with Gasteiger partial charge in [0.1, 0.15) is 0 Å². The third kappa shape index (κ3) is 3.29. The van der Waals surface area contributed by atoms with Crippen molar-refractivity contribution in [1.82, 2.24) is 0 Å². The van der Waals surface area contributed by atoms with Crippen molar-refractivity contribution in [2.75, 3.05) is 0 Å². The topological polar surface area (TPSA) is 0 Å². The lowest BCUT2D eigenvalue weighted by atomic mass is 9.85. The van der Waals surface area contributed by atoms with Crippen molar-refractivity contribution < 1.29 is 0 Å². The molecule has 1 aliphatic carbocycles. The van der Waals surface area contributed by atoms with Crippen LogP contribution in [0.2, 0.25) is 8.67 Å². The maximum absolute atomic E-state index is 6.42. The molecule has 0 spiro atoms.